The van der Waals surface area contributed by atoms with Gasteiger partial charge in [-0.3, -0.25) is 28.9 Å². The lowest BCUT2D eigenvalue weighted by molar-refractivity contribution is -0.151. The number of rotatable bonds is 29. The molecule has 1 heterocycles. The van der Waals surface area contributed by atoms with Gasteiger partial charge >= 0.3 is 11.9 Å². The predicted octanol–water partition coefficient (Wildman–Crippen LogP) is 6.12. The van der Waals surface area contributed by atoms with Crippen LogP contribution in [0.25, 0.3) is 0 Å². The molecular weight excluding hydrogens is 855 g/mol. The van der Waals surface area contributed by atoms with Crippen LogP contribution < -0.4 is 10.6 Å². The van der Waals surface area contributed by atoms with Gasteiger partial charge in [0.05, 0.1) is 42.7 Å². The van der Waals surface area contributed by atoms with Crippen LogP contribution in [-0.4, -0.2) is 139 Å². The lowest BCUT2D eigenvalue weighted by atomic mass is 9.89. The Bertz CT molecular complexity index is 1850. The molecule has 1 saturated heterocycles. The number of carbonyl (C=O) groups excluding carboxylic acids is 5. The third-order valence-electron chi connectivity index (χ3n) is 13.4. The Morgan fingerprint density at radius 3 is 1.99 bits per heavy atom. The molecule has 4 amide bonds. The normalized spacial score (nSPS) is 17.5. The molecule has 67 heavy (non-hydrogen) atoms. The van der Waals surface area contributed by atoms with Crippen molar-refractivity contribution in [2.24, 2.45) is 23.7 Å². The number of carbonyl (C=O) groups is 6. The van der Waals surface area contributed by atoms with Crippen molar-refractivity contribution in [2.75, 3.05) is 41.4 Å². The highest BCUT2D eigenvalue weighted by Crippen LogP contribution is 2.30. The van der Waals surface area contributed by atoms with Gasteiger partial charge in [-0.05, 0) is 68.2 Å². The fraction of sp³-hybridized carbons (Fsp3) is 0.654. The highest BCUT2D eigenvalue weighted by atomic mass is 16.5. The first-order valence-corrected chi connectivity index (χ1v) is 24.2. The Morgan fingerprint density at radius 1 is 0.806 bits per heavy atom. The summed E-state index contributed by atoms with van der Waals surface area (Å²) in [6.07, 6.45) is 2.95. The molecule has 0 radical (unpaired) electrons. The number of likely N-dealkylation sites (N-methyl/N-ethyl adjacent to an activating group) is 2. The van der Waals surface area contributed by atoms with E-state index >= 15 is 0 Å². The van der Waals surface area contributed by atoms with Crippen molar-refractivity contribution in [1.29, 1.82) is 0 Å². The van der Waals surface area contributed by atoms with E-state index in [1.54, 1.807) is 30.9 Å². The first kappa shape index (κ1) is 56.5. The number of hydrogen-bond acceptors (Lipinski definition) is 10. The Hall–Kier alpha value is -4.86. The fourth-order valence-electron chi connectivity index (χ4n) is 9.42. The van der Waals surface area contributed by atoms with Crippen molar-refractivity contribution in [3.63, 3.8) is 0 Å². The molecule has 2 aromatic rings. The molecule has 15 heteroatoms. The smallest absolute Gasteiger partial charge is 0.329 e. The largest absolute Gasteiger partial charge is 0.481 e. The zero-order valence-electron chi connectivity index (χ0n) is 42.1. The zero-order valence-corrected chi connectivity index (χ0v) is 42.1. The van der Waals surface area contributed by atoms with Crippen LogP contribution in [0.2, 0.25) is 0 Å². The zero-order chi connectivity index (χ0) is 49.8. The summed E-state index contributed by atoms with van der Waals surface area (Å²) >= 11 is 0. The van der Waals surface area contributed by atoms with E-state index in [1.807, 2.05) is 114 Å². The van der Waals surface area contributed by atoms with E-state index in [-0.39, 0.29) is 61.3 Å². The molecule has 374 valence electrons. The van der Waals surface area contributed by atoms with Crippen LogP contribution in [0, 0.1) is 23.7 Å². The Balaban J connectivity index is 1.77. The third-order valence-corrected chi connectivity index (χ3v) is 13.4. The molecule has 1 fully saturated rings. The highest BCUT2D eigenvalue weighted by Gasteiger charge is 2.43. The molecule has 3 rings (SSSR count). The van der Waals surface area contributed by atoms with E-state index in [9.17, 15) is 28.8 Å². The number of unbranched alkanes of at least 4 members (excludes halogenated alkanes) is 2. The summed E-state index contributed by atoms with van der Waals surface area (Å²) in [5, 5.41) is 15.0. The summed E-state index contributed by atoms with van der Waals surface area (Å²) in [5.41, 5.74) is 1.68. The van der Waals surface area contributed by atoms with Crippen LogP contribution in [0.5, 0.6) is 0 Å². The number of aliphatic carboxylic acids is 1. The molecule has 2 aromatic carbocycles. The van der Waals surface area contributed by atoms with Gasteiger partial charge in [-0.1, -0.05) is 122 Å². The van der Waals surface area contributed by atoms with E-state index in [2.05, 4.69) is 10.6 Å². The van der Waals surface area contributed by atoms with Crippen LogP contribution in [0.1, 0.15) is 111 Å². The van der Waals surface area contributed by atoms with E-state index in [0.29, 0.717) is 38.8 Å². The maximum absolute atomic E-state index is 14.6. The number of carboxylic acids is 1. The minimum absolute atomic E-state index is 0.0333. The van der Waals surface area contributed by atoms with E-state index < -0.39 is 66.2 Å². The Kier molecular flexibility index (Phi) is 24.0. The number of hydrogen-bond donors (Lipinski definition) is 3. The SMILES string of the molecule is CCC(C)C(C(CC(=O)N1CCC[C@H]1C(OC)C(C)C(=O)NC(Cc1ccccc1)C(=O)OCc1ccccc1)OC)N(C)C(=O)C(NC(=O)C(C(C)C)N(C)CCCCCC(=O)O)C(C)C. The van der Waals surface area contributed by atoms with Crippen molar-refractivity contribution in [3.8, 4) is 0 Å². The van der Waals surface area contributed by atoms with E-state index in [4.69, 9.17) is 19.3 Å². The number of ether oxygens (including phenoxy) is 3. The number of nitrogens with zero attached hydrogens (tertiary/aromatic N) is 3. The van der Waals surface area contributed by atoms with Gasteiger partial charge in [0.1, 0.15) is 18.7 Å². The molecule has 8 unspecified atom stereocenters. The maximum Gasteiger partial charge on any atom is 0.329 e. The second kappa shape index (κ2) is 28.5. The second-order valence-corrected chi connectivity index (χ2v) is 19.0. The van der Waals surface area contributed by atoms with Gasteiger partial charge < -0.3 is 39.8 Å². The van der Waals surface area contributed by atoms with Crippen LogP contribution >= 0.6 is 0 Å². The van der Waals surface area contributed by atoms with E-state index in [1.165, 1.54) is 7.11 Å². The standard InChI is InChI=1S/C52H81N5O10/c1-12-36(6)47(56(9)51(63)45(34(2)3)54-50(62)46(35(4)5)55(8)29-21-15-20-28-44(59)60)42(65-10)32-43(58)57-30-22-27-41(57)48(66-11)37(7)49(61)53-40(31-38-23-16-13-17-24-38)52(64)67-33-39-25-18-14-19-26-39/h13-14,16-19,23-26,34-37,40-42,45-48H,12,15,20-22,27-33H2,1-11H3,(H,53,61)(H,54,62)(H,59,60)/t36?,37?,40?,41-,42?,45?,46?,47?,48?/m0/s1. The van der Waals surface area contributed by atoms with Crippen LogP contribution in [0.4, 0.5) is 0 Å². The number of benzene rings is 2. The molecule has 3 N–H and O–H groups in total. The number of likely N-dealkylation sites (tertiary alicyclic amines) is 1. The monoisotopic (exact) mass is 936 g/mol. The average molecular weight is 936 g/mol. The molecule has 9 atom stereocenters. The molecule has 0 saturated carbocycles. The van der Waals surface area contributed by atoms with Gasteiger partial charge in [0.25, 0.3) is 0 Å². The molecule has 0 aromatic heterocycles. The Labute approximate surface area is 400 Å². The lowest BCUT2D eigenvalue weighted by Gasteiger charge is -2.41. The summed E-state index contributed by atoms with van der Waals surface area (Å²) < 4.78 is 17.8. The number of amides is 4. The first-order valence-electron chi connectivity index (χ1n) is 24.2. The van der Waals surface area contributed by atoms with Crippen LogP contribution in [-0.2, 0) is 56.0 Å². The van der Waals surface area contributed by atoms with Crippen molar-refractivity contribution in [1.82, 2.24) is 25.3 Å². The minimum Gasteiger partial charge on any atom is -0.481 e. The topological polar surface area (TPSA) is 184 Å². The fourth-order valence-corrected chi connectivity index (χ4v) is 9.42. The Morgan fingerprint density at radius 2 is 1.43 bits per heavy atom. The van der Waals surface area contributed by atoms with Gasteiger partial charge in [0.15, 0.2) is 0 Å². The number of nitrogens with one attached hydrogen (secondary N) is 2. The van der Waals surface area contributed by atoms with Gasteiger partial charge in [-0.15, -0.1) is 0 Å². The number of carboxylic acid groups (broad SMARTS) is 1. The van der Waals surface area contributed by atoms with Crippen molar-refractivity contribution < 1.29 is 48.1 Å². The molecule has 0 aliphatic carbocycles. The van der Waals surface area contributed by atoms with Crippen molar-refractivity contribution in [3.05, 3.63) is 71.8 Å². The lowest BCUT2D eigenvalue weighted by Crippen LogP contribution is -2.60. The average Bonchev–Trinajstić information content (AvgIpc) is 3.79. The quantitative estimate of drug-likeness (QED) is 0.0631. The third kappa shape index (κ3) is 17.0. The molecule has 1 aliphatic heterocycles. The predicted molar refractivity (Wildman–Crippen MR) is 259 cm³/mol. The molecule has 15 nitrogen and oxygen atoms in total. The van der Waals surface area contributed by atoms with Crippen molar-refractivity contribution in [2.45, 2.75) is 155 Å². The number of methoxy groups -OCH3 is 2. The second-order valence-electron chi connectivity index (χ2n) is 19.0. The van der Waals surface area contributed by atoms with Gasteiger partial charge in [-0.2, -0.15) is 0 Å². The summed E-state index contributed by atoms with van der Waals surface area (Å²) in [5.74, 6) is -3.66. The van der Waals surface area contributed by atoms with Gasteiger partial charge in [0.2, 0.25) is 23.6 Å². The summed E-state index contributed by atoms with van der Waals surface area (Å²) in [4.78, 5) is 87.0. The number of esters is 1. The summed E-state index contributed by atoms with van der Waals surface area (Å²) in [6.45, 7) is 14.6. The summed E-state index contributed by atoms with van der Waals surface area (Å²) in [6, 6.07) is 15.5. The highest BCUT2D eigenvalue weighted by molar-refractivity contribution is 5.90. The molecular formula is C52H81N5O10. The molecule has 1 aliphatic rings. The van der Waals surface area contributed by atoms with Gasteiger partial charge in [0, 0.05) is 40.7 Å². The molecule has 0 spiro atoms. The first-order chi connectivity index (χ1) is 31.9. The maximum atomic E-state index is 14.6. The van der Waals surface area contributed by atoms with Crippen LogP contribution in [0.3, 0.4) is 0 Å². The van der Waals surface area contributed by atoms with Crippen molar-refractivity contribution >= 4 is 35.6 Å². The van der Waals surface area contributed by atoms with Crippen LogP contribution in [0.15, 0.2) is 60.7 Å². The minimum atomic E-state index is -0.964. The van der Waals surface area contributed by atoms with E-state index in [0.717, 1.165) is 24.0 Å². The summed E-state index contributed by atoms with van der Waals surface area (Å²) in [7, 11) is 6.66. The van der Waals surface area contributed by atoms with Gasteiger partial charge in [-0.25, -0.2) is 4.79 Å². The molecule has 0 bridgehead atoms.